The first-order valence-corrected chi connectivity index (χ1v) is 14.6. The molecule has 3 aromatic rings. The number of hydrogen-bond acceptors (Lipinski definition) is 6. The lowest BCUT2D eigenvalue weighted by Gasteiger charge is -2.28. The number of morpholine rings is 1. The van der Waals surface area contributed by atoms with Gasteiger partial charge in [-0.1, -0.05) is 35.3 Å². The molecule has 0 N–H and O–H groups in total. The molecule has 2 atom stereocenters. The summed E-state index contributed by atoms with van der Waals surface area (Å²) >= 11 is 13.3. The minimum Gasteiger partial charge on any atom is -0.497 e. The summed E-state index contributed by atoms with van der Waals surface area (Å²) in [7, 11) is 3.22. The van der Waals surface area contributed by atoms with Gasteiger partial charge in [0.2, 0.25) is 5.91 Å². The quantitative estimate of drug-likeness (QED) is 0.274. The smallest absolute Gasteiger partial charge is 0.242 e. The van der Waals surface area contributed by atoms with E-state index in [0.717, 1.165) is 60.8 Å². The topological polar surface area (TPSA) is 60.5 Å². The molecule has 2 heterocycles. The molecule has 9 heteroatoms. The van der Waals surface area contributed by atoms with Crippen LogP contribution < -0.4 is 14.4 Å². The van der Waals surface area contributed by atoms with Gasteiger partial charge in [0.1, 0.15) is 16.9 Å². The summed E-state index contributed by atoms with van der Waals surface area (Å²) in [5.74, 6) is 1.23. The van der Waals surface area contributed by atoms with Gasteiger partial charge in [-0.15, -0.1) is 0 Å². The zero-order chi connectivity index (χ0) is 29.1. The van der Waals surface area contributed by atoms with E-state index in [1.165, 1.54) is 0 Å². The van der Waals surface area contributed by atoms with Crippen LogP contribution in [-0.2, 0) is 26.2 Å². The maximum absolute atomic E-state index is 14.4. The molecule has 0 aromatic heterocycles. The molecule has 0 bridgehead atoms. The number of benzene rings is 3. The third kappa shape index (κ3) is 5.92. The van der Waals surface area contributed by atoms with E-state index in [1.54, 1.807) is 25.2 Å². The molecule has 41 heavy (non-hydrogen) atoms. The highest BCUT2D eigenvalue weighted by Crippen LogP contribution is 2.50. The highest BCUT2D eigenvalue weighted by Gasteiger charge is 2.50. The summed E-state index contributed by atoms with van der Waals surface area (Å²) in [4.78, 5) is 18.5. The number of carbonyl (C=O) groups excluding carboxylic acids is 1. The highest BCUT2D eigenvalue weighted by molar-refractivity contribution is 6.32. The average Bonchev–Trinajstić information content (AvgIpc) is 3.19. The number of ether oxygens (including phenoxy) is 4. The number of halogens is 2. The molecule has 2 aliphatic heterocycles. The van der Waals surface area contributed by atoms with E-state index in [4.69, 9.17) is 42.1 Å². The van der Waals surface area contributed by atoms with Crippen molar-refractivity contribution >= 4 is 34.8 Å². The molecular formula is C32H36Cl2N2O5. The predicted octanol–water partition coefficient (Wildman–Crippen LogP) is 6.27. The fraction of sp³-hybridized carbons (Fsp3) is 0.406. The standard InChI is InChI=1S/C32H36Cl2N2O5/c1-21(41-16-13-35-11-14-40-15-12-35)22-6-9-28(34)26(17-22)32(2)27-18-24(33)7-10-29(27)36(31(32)37)20-23-5-8-25(38-3)19-30(23)39-4/h5-10,17-19,21H,11-16,20H2,1-4H3. The predicted molar refractivity (Wildman–Crippen MR) is 162 cm³/mol. The molecule has 1 fully saturated rings. The summed E-state index contributed by atoms with van der Waals surface area (Å²) in [6.07, 6.45) is -0.175. The average molecular weight is 600 g/mol. The van der Waals surface area contributed by atoms with Gasteiger partial charge in [0, 0.05) is 47.0 Å². The van der Waals surface area contributed by atoms with E-state index >= 15 is 0 Å². The molecule has 2 unspecified atom stereocenters. The third-order valence-electron chi connectivity index (χ3n) is 8.16. The van der Waals surface area contributed by atoms with Gasteiger partial charge >= 0.3 is 0 Å². The van der Waals surface area contributed by atoms with E-state index in [1.807, 2.05) is 62.4 Å². The first kappa shape index (κ1) is 29.7. The van der Waals surface area contributed by atoms with Crippen LogP contribution in [0, 0.1) is 0 Å². The van der Waals surface area contributed by atoms with Crippen molar-refractivity contribution in [1.82, 2.24) is 4.90 Å². The van der Waals surface area contributed by atoms with Crippen molar-refractivity contribution in [3.05, 3.63) is 86.9 Å². The van der Waals surface area contributed by atoms with Crippen LogP contribution in [0.15, 0.2) is 54.6 Å². The maximum Gasteiger partial charge on any atom is 0.242 e. The summed E-state index contributed by atoms with van der Waals surface area (Å²) in [5, 5.41) is 1.07. The summed E-state index contributed by atoms with van der Waals surface area (Å²) in [6.45, 7) is 9.07. The lowest BCUT2D eigenvalue weighted by molar-refractivity contribution is -0.121. The SMILES string of the molecule is COc1ccc(CN2C(=O)C(C)(c3cc(C(C)OCCN4CCOCC4)ccc3Cl)c3cc(Cl)ccc32)c(OC)c1. The minimum atomic E-state index is -1.06. The molecule has 0 aliphatic carbocycles. The van der Waals surface area contributed by atoms with Gasteiger partial charge in [0.25, 0.3) is 0 Å². The Morgan fingerprint density at radius 2 is 1.76 bits per heavy atom. The second-order valence-electron chi connectivity index (χ2n) is 10.6. The number of hydrogen-bond donors (Lipinski definition) is 0. The summed E-state index contributed by atoms with van der Waals surface area (Å²) < 4.78 is 22.6. The highest BCUT2D eigenvalue weighted by atomic mass is 35.5. The lowest BCUT2D eigenvalue weighted by Crippen LogP contribution is -2.39. The van der Waals surface area contributed by atoms with E-state index in [9.17, 15) is 4.79 Å². The van der Waals surface area contributed by atoms with Crippen LogP contribution in [0.1, 0.15) is 42.2 Å². The molecule has 218 valence electrons. The second-order valence-corrected chi connectivity index (χ2v) is 11.4. The van der Waals surface area contributed by atoms with Gasteiger partial charge in [0.15, 0.2) is 0 Å². The molecule has 0 saturated carbocycles. The van der Waals surface area contributed by atoms with Gasteiger partial charge in [-0.05, 0) is 66.9 Å². The first-order valence-electron chi connectivity index (χ1n) is 13.8. The summed E-state index contributed by atoms with van der Waals surface area (Å²) in [5.41, 5.74) is 3.07. The Kier molecular flexibility index (Phi) is 9.12. The van der Waals surface area contributed by atoms with Crippen LogP contribution in [0.4, 0.5) is 5.69 Å². The number of nitrogens with zero attached hydrogens (tertiary/aromatic N) is 2. The fourth-order valence-electron chi connectivity index (χ4n) is 5.67. The van der Waals surface area contributed by atoms with Crippen molar-refractivity contribution in [3.63, 3.8) is 0 Å². The zero-order valence-corrected chi connectivity index (χ0v) is 25.4. The third-order valence-corrected chi connectivity index (χ3v) is 8.73. The zero-order valence-electron chi connectivity index (χ0n) is 23.9. The Hall–Kier alpha value is -2.81. The first-order chi connectivity index (χ1) is 19.8. The van der Waals surface area contributed by atoms with Gasteiger partial charge in [-0.3, -0.25) is 9.69 Å². The maximum atomic E-state index is 14.4. The van der Waals surface area contributed by atoms with Crippen LogP contribution >= 0.6 is 23.2 Å². The van der Waals surface area contributed by atoms with Gasteiger partial charge in [-0.25, -0.2) is 0 Å². The Bertz CT molecular complexity index is 1410. The van der Waals surface area contributed by atoms with Crippen LogP contribution in [-0.4, -0.2) is 64.5 Å². The second kappa shape index (κ2) is 12.6. The van der Waals surface area contributed by atoms with E-state index in [2.05, 4.69) is 4.90 Å². The van der Waals surface area contributed by atoms with Crippen molar-refractivity contribution in [2.24, 2.45) is 0 Å². The monoisotopic (exact) mass is 598 g/mol. The molecule has 0 radical (unpaired) electrons. The molecule has 0 spiro atoms. The van der Waals surface area contributed by atoms with Crippen molar-refractivity contribution < 1.29 is 23.7 Å². The Morgan fingerprint density at radius 1 is 0.976 bits per heavy atom. The number of rotatable bonds is 10. The van der Waals surface area contributed by atoms with Gasteiger partial charge < -0.3 is 23.8 Å². The molecular weight excluding hydrogens is 563 g/mol. The number of amides is 1. The van der Waals surface area contributed by atoms with Crippen LogP contribution in [0.5, 0.6) is 11.5 Å². The normalized spacial score (nSPS) is 19.8. The molecule has 3 aromatic carbocycles. The van der Waals surface area contributed by atoms with E-state index in [-0.39, 0.29) is 12.0 Å². The molecule has 7 nitrogen and oxygen atoms in total. The van der Waals surface area contributed by atoms with Crippen LogP contribution in [0.2, 0.25) is 10.0 Å². The van der Waals surface area contributed by atoms with Crippen molar-refractivity contribution in [1.29, 1.82) is 0 Å². The number of carbonyl (C=O) groups is 1. The Balaban J connectivity index is 1.45. The van der Waals surface area contributed by atoms with Crippen molar-refractivity contribution in [3.8, 4) is 11.5 Å². The van der Waals surface area contributed by atoms with E-state index in [0.29, 0.717) is 34.7 Å². The van der Waals surface area contributed by atoms with Gasteiger partial charge in [-0.2, -0.15) is 0 Å². The molecule has 1 amide bonds. The van der Waals surface area contributed by atoms with Crippen LogP contribution in [0.25, 0.3) is 0 Å². The number of fused-ring (bicyclic) bond motifs is 1. The lowest BCUT2D eigenvalue weighted by atomic mass is 9.76. The molecule has 2 aliphatic rings. The van der Waals surface area contributed by atoms with Crippen molar-refractivity contribution in [2.45, 2.75) is 31.9 Å². The Morgan fingerprint density at radius 3 is 2.49 bits per heavy atom. The fourth-order valence-corrected chi connectivity index (χ4v) is 6.15. The minimum absolute atomic E-state index is 0.0902. The van der Waals surface area contributed by atoms with Crippen LogP contribution in [0.3, 0.4) is 0 Å². The molecule has 1 saturated heterocycles. The van der Waals surface area contributed by atoms with Crippen molar-refractivity contribution in [2.75, 3.05) is 58.6 Å². The van der Waals surface area contributed by atoms with Gasteiger partial charge in [0.05, 0.1) is 46.7 Å². The van der Waals surface area contributed by atoms with E-state index < -0.39 is 5.41 Å². The molecule has 5 rings (SSSR count). The summed E-state index contributed by atoms with van der Waals surface area (Å²) in [6, 6.07) is 17.0. The largest absolute Gasteiger partial charge is 0.497 e. The number of methoxy groups -OCH3 is 2. The Labute approximate surface area is 251 Å². The number of anilines is 1.